The predicted molar refractivity (Wildman–Crippen MR) is 77.1 cm³/mol. The molecule has 0 aromatic carbocycles. The molecule has 2 heterocycles. The minimum atomic E-state index is 0.0874. The molecule has 2 aromatic rings. The third-order valence-corrected chi connectivity index (χ3v) is 3.75. The third kappa shape index (κ3) is 3.89. The monoisotopic (exact) mass is 280 g/mol. The van der Waals surface area contributed by atoms with E-state index in [1.165, 1.54) is 4.88 Å². The number of hydrogen-bond acceptors (Lipinski definition) is 5. The Balaban J connectivity index is 2.21. The van der Waals surface area contributed by atoms with Crippen LogP contribution in [-0.2, 0) is 17.9 Å². The lowest BCUT2D eigenvalue weighted by molar-refractivity contribution is 0.181. The first-order valence-electron chi connectivity index (χ1n) is 6.25. The van der Waals surface area contributed by atoms with Crippen LogP contribution in [0.25, 0.3) is 10.6 Å². The molecule has 0 saturated carbocycles. The van der Waals surface area contributed by atoms with Gasteiger partial charge in [-0.1, -0.05) is 0 Å². The van der Waals surface area contributed by atoms with E-state index in [1.54, 1.807) is 31.0 Å². The van der Waals surface area contributed by atoms with Crippen LogP contribution in [0.15, 0.2) is 23.0 Å². The van der Waals surface area contributed by atoms with Crippen LogP contribution in [0.1, 0.15) is 31.3 Å². The van der Waals surface area contributed by atoms with Crippen LogP contribution < -0.4 is 5.32 Å². The summed E-state index contributed by atoms with van der Waals surface area (Å²) in [6.45, 7) is 7.80. The van der Waals surface area contributed by atoms with Gasteiger partial charge >= 0.3 is 0 Å². The van der Waals surface area contributed by atoms with Gasteiger partial charge in [0.2, 0.25) is 0 Å². The average Bonchev–Trinajstić information content (AvgIpc) is 2.94. The lowest BCUT2D eigenvalue weighted by atomic mass is 10.1. The first kappa shape index (κ1) is 14.2. The number of aromatic nitrogens is 1. The second-order valence-electron chi connectivity index (χ2n) is 5.44. The van der Waals surface area contributed by atoms with E-state index < -0.39 is 0 Å². The zero-order valence-electron chi connectivity index (χ0n) is 11.8. The van der Waals surface area contributed by atoms with Gasteiger partial charge < -0.3 is 14.5 Å². The van der Waals surface area contributed by atoms with Gasteiger partial charge in [-0.2, -0.15) is 0 Å². The summed E-state index contributed by atoms with van der Waals surface area (Å²) in [4.78, 5) is 5.85. The fraction of sp³-hybridized carbons (Fsp3) is 0.500. The molecule has 2 rings (SSSR count). The molecule has 0 fully saturated rings. The molecule has 0 aliphatic carbocycles. The zero-order chi connectivity index (χ0) is 13.9. The molecule has 19 heavy (non-hydrogen) atoms. The fourth-order valence-electron chi connectivity index (χ4n) is 1.63. The van der Waals surface area contributed by atoms with Crippen molar-refractivity contribution in [1.82, 2.24) is 10.3 Å². The van der Waals surface area contributed by atoms with Gasteiger partial charge in [0.1, 0.15) is 11.3 Å². The van der Waals surface area contributed by atoms with E-state index in [4.69, 9.17) is 9.15 Å². The summed E-state index contributed by atoms with van der Waals surface area (Å²) in [7, 11) is 1.69. The largest absolute Gasteiger partial charge is 0.472 e. The Bertz CT molecular complexity index is 512. The highest BCUT2D eigenvalue weighted by Crippen LogP contribution is 2.29. The molecule has 0 amide bonds. The zero-order valence-corrected chi connectivity index (χ0v) is 12.6. The Hall–Kier alpha value is -1.17. The van der Waals surface area contributed by atoms with Crippen molar-refractivity contribution >= 4 is 11.3 Å². The van der Waals surface area contributed by atoms with E-state index in [0.717, 1.165) is 22.8 Å². The van der Waals surface area contributed by atoms with Gasteiger partial charge in [0.15, 0.2) is 0 Å². The van der Waals surface area contributed by atoms with Crippen molar-refractivity contribution in [3.8, 4) is 10.6 Å². The van der Waals surface area contributed by atoms with Gasteiger partial charge in [-0.05, 0) is 26.8 Å². The summed E-state index contributed by atoms with van der Waals surface area (Å²) in [5.41, 5.74) is 2.11. The minimum Gasteiger partial charge on any atom is -0.472 e. The fourth-order valence-corrected chi connectivity index (χ4v) is 2.62. The SMILES string of the molecule is COCc1nc(-c2ccoc2)sc1CNC(C)(C)C. The maximum atomic E-state index is 5.22. The molecule has 0 spiro atoms. The Morgan fingerprint density at radius 3 is 2.79 bits per heavy atom. The summed E-state index contributed by atoms with van der Waals surface area (Å²) in [5, 5.41) is 4.47. The molecule has 0 bridgehead atoms. The van der Waals surface area contributed by atoms with Crippen molar-refractivity contribution < 1.29 is 9.15 Å². The summed E-state index contributed by atoms with van der Waals surface area (Å²) in [5.74, 6) is 0. The summed E-state index contributed by atoms with van der Waals surface area (Å²) >= 11 is 1.68. The van der Waals surface area contributed by atoms with Crippen molar-refractivity contribution in [3.63, 3.8) is 0 Å². The smallest absolute Gasteiger partial charge is 0.127 e. The van der Waals surface area contributed by atoms with E-state index in [9.17, 15) is 0 Å². The van der Waals surface area contributed by atoms with Crippen LogP contribution in [-0.4, -0.2) is 17.6 Å². The highest BCUT2D eigenvalue weighted by Gasteiger charge is 2.16. The van der Waals surface area contributed by atoms with Crippen LogP contribution in [0, 0.1) is 0 Å². The van der Waals surface area contributed by atoms with E-state index in [1.807, 2.05) is 6.07 Å². The molecule has 0 saturated heterocycles. The molecule has 4 nitrogen and oxygen atoms in total. The van der Waals surface area contributed by atoms with Crippen molar-refractivity contribution in [2.75, 3.05) is 7.11 Å². The maximum Gasteiger partial charge on any atom is 0.127 e. The molecule has 2 aromatic heterocycles. The molecule has 104 valence electrons. The maximum absolute atomic E-state index is 5.22. The predicted octanol–water partition coefficient (Wildman–Crippen LogP) is 3.44. The number of methoxy groups -OCH3 is 1. The molecular weight excluding hydrogens is 260 g/mol. The lowest BCUT2D eigenvalue weighted by Crippen LogP contribution is -2.35. The van der Waals surface area contributed by atoms with Crippen LogP contribution >= 0.6 is 11.3 Å². The molecule has 0 aliphatic heterocycles. The van der Waals surface area contributed by atoms with E-state index in [0.29, 0.717) is 6.61 Å². The van der Waals surface area contributed by atoms with E-state index in [2.05, 4.69) is 31.1 Å². The van der Waals surface area contributed by atoms with Gasteiger partial charge in [-0.15, -0.1) is 11.3 Å². The first-order chi connectivity index (χ1) is 8.99. The van der Waals surface area contributed by atoms with Gasteiger partial charge in [-0.25, -0.2) is 4.98 Å². The molecule has 0 aliphatic rings. The summed E-state index contributed by atoms with van der Waals surface area (Å²) in [6, 6.07) is 1.93. The molecule has 0 radical (unpaired) electrons. The van der Waals surface area contributed by atoms with Gasteiger partial charge in [0.05, 0.1) is 18.6 Å². The summed E-state index contributed by atoms with van der Waals surface area (Å²) in [6.07, 6.45) is 3.39. The van der Waals surface area contributed by atoms with Crippen molar-refractivity contribution in [1.29, 1.82) is 0 Å². The average molecular weight is 280 g/mol. The topological polar surface area (TPSA) is 47.3 Å². The number of furan rings is 1. The van der Waals surface area contributed by atoms with Crippen LogP contribution in [0.2, 0.25) is 0 Å². The molecule has 1 N–H and O–H groups in total. The first-order valence-corrected chi connectivity index (χ1v) is 7.06. The van der Waals surface area contributed by atoms with E-state index in [-0.39, 0.29) is 5.54 Å². The van der Waals surface area contributed by atoms with Crippen LogP contribution in [0.5, 0.6) is 0 Å². The Labute approximate surface area is 117 Å². The van der Waals surface area contributed by atoms with Gasteiger partial charge in [0.25, 0.3) is 0 Å². The third-order valence-electron chi connectivity index (χ3n) is 2.61. The molecule has 0 atom stereocenters. The van der Waals surface area contributed by atoms with E-state index >= 15 is 0 Å². The quantitative estimate of drug-likeness (QED) is 0.911. The molecular formula is C14H20N2O2S. The van der Waals surface area contributed by atoms with Gasteiger partial charge in [-0.3, -0.25) is 0 Å². The Kier molecular flexibility index (Phi) is 4.39. The Morgan fingerprint density at radius 1 is 1.42 bits per heavy atom. The highest BCUT2D eigenvalue weighted by molar-refractivity contribution is 7.15. The number of rotatable bonds is 5. The molecule has 5 heteroatoms. The number of ether oxygens (including phenoxy) is 1. The standard InChI is InChI=1S/C14H20N2O2S/c1-14(2,3)15-7-12-11(9-17-4)16-13(19-12)10-5-6-18-8-10/h5-6,8,15H,7,9H2,1-4H3. The Morgan fingerprint density at radius 2 is 2.21 bits per heavy atom. The minimum absolute atomic E-state index is 0.0874. The molecule has 0 unspecified atom stereocenters. The highest BCUT2D eigenvalue weighted by atomic mass is 32.1. The van der Waals surface area contributed by atoms with Gasteiger partial charge in [0, 0.05) is 29.6 Å². The van der Waals surface area contributed by atoms with Crippen molar-refractivity contribution in [2.24, 2.45) is 0 Å². The number of nitrogens with zero attached hydrogens (tertiary/aromatic N) is 1. The van der Waals surface area contributed by atoms with Crippen molar-refractivity contribution in [2.45, 2.75) is 39.5 Å². The summed E-state index contributed by atoms with van der Waals surface area (Å²) < 4.78 is 10.3. The van der Waals surface area contributed by atoms with Crippen molar-refractivity contribution in [3.05, 3.63) is 29.2 Å². The second kappa shape index (κ2) is 5.86. The number of nitrogens with one attached hydrogen (secondary N) is 1. The second-order valence-corrected chi connectivity index (χ2v) is 6.52. The normalized spacial score (nSPS) is 12.0. The van der Waals surface area contributed by atoms with Crippen LogP contribution in [0.4, 0.5) is 0 Å². The number of thiazole rings is 1. The van der Waals surface area contributed by atoms with Crippen LogP contribution in [0.3, 0.4) is 0 Å². The number of hydrogen-bond donors (Lipinski definition) is 1. The lowest BCUT2D eigenvalue weighted by Gasteiger charge is -2.20.